The molecule has 1 fully saturated rings. The number of hydrogen-bond donors (Lipinski definition) is 1. The van der Waals surface area contributed by atoms with Gasteiger partial charge in [0.05, 0.1) is 12.1 Å². The van der Waals surface area contributed by atoms with Gasteiger partial charge in [-0.15, -0.1) is 14.8 Å². The van der Waals surface area contributed by atoms with Crippen molar-refractivity contribution in [1.29, 1.82) is 0 Å². The molecule has 112 valence electrons. The Morgan fingerprint density at radius 1 is 1.23 bits per heavy atom. The molecule has 2 aromatic heterocycles. The molecule has 2 atom stereocenters. The molecule has 7 nitrogen and oxygen atoms in total. The normalized spacial score (nSPS) is 21.6. The maximum absolute atomic E-state index is 13.5. The predicted molar refractivity (Wildman–Crippen MR) is 75.7 cm³/mol. The van der Waals surface area contributed by atoms with E-state index < -0.39 is 6.10 Å². The van der Waals surface area contributed by atoms with Gasteiger partial charge in [-0.05, 0) is 46.7 Å². The highest BCUT2D eigenvalue weighted by atomic mass is 19.1. The minimum atomic E-state index is -0.486. The van der Waals surface area contributed by atoms with Crippen molar-refractivity contribution in [3.05, 3.63) is 47.8 Å². The van der Waals surface area contributed by atoms with Crippen LogP contribution in [0.25, 0.3) is 5.65 Å². The van der Waals surface area contributed by atoms with Crippen molar-refractivity contribution in [2.24, 2.45) is 0 Å². The molecule has 22 heavy (non-hydrogen) atoms. The molecule has 0 unspecified atom stereocenters. The van der Waals surface area contributed by atoms with Crippen LogP contribution in [0.3, 0.4) is 0 Å². The maximum Gasteiger partial charge on any atom is 0.200 e. The minimum absolute atomic E-state index is 0.132. The van der Waals surface area contributed by atoms with E-state index in [2.05, 4.69) is 20.6 Å². The number of hydrogen-bond acceptors (Lipinski definition) is 6. The lowest BCUT2D eigenvalue weighted by atomic mass is 10.0. The number of aliphatic hydroxyl groups excluding tert-OH is 1. The highest BCUT2D eigenvalue weighted by Crippen LogP contribution is 2.35. The number of aliphatic hydroxyl groups is 1. The Bertz CT molecular complexity index is 822. The van der Waals surface area contributed by atoms with Crippen LogP contribution in [-0.4, -0.2) is 43.0 Å². The molecule has 0 radical (unpaired) electrons. The summed E-state index contributed by atoms with van der Waals surface area (Å²) in [6.45, 7) is 0.432. The number of β-amino-alcohol motifs (C(OH)–C–C–N with tert-alkyl or cyclic N) is 1. The summed E-state index contributed by atoms with van der Waals surface area (Å²) in [5, 5.41) is 25.5. The first-order chi connectivity index (χ1) is 10.7. The largest absolute Gasteiger partial charge is 0.391 e. The van der Waals surface area contributed by atoms with Crippen molar-refractivity contribution in [2.45, 2.75) is 18.6 Å². The van der Waals surface area contributed by atoms with E-state index in [9.17, 15) is 9.50 Å². The molecule has 0 spiro atoms. The lowest BCUT2D eigenvalue weighted by Gasteiger charge is -2.25. The molecular weight excluding hydrogens is 287 g/mol. The van der Waals surface area contributed by atoms with E-state index in [1.54, 1.807) is 18.2 Å². The van der Waals surface area contributed by atoms with Crippen LogP contribution in [-0.2, 0) is 0 Å². The van der Waals surface area contributed by atoms with Gasteiger partial charge in [-0.2, -0.15) is 0 Å². The van der Waals surface area contributed by atoms with Gasteiger partial charge in [0.25, 0.3) is 0 Å². The second-order valence-corrected chi connectivity index (χ2v) is 5.33. The van der Waals surface area contributed by atoms with Crippen molar-refractivity contribution in [1.82, 2.24) is 25.3 Å². The summed E-state index contributed by atoms with van der Waals surface area (Å²) in [6, 6.07) is 9.86. The Balaban J connectivity index is 1.74. The van der Waals surface area contributed by atoms with Crippen LogP contribution in [0, 0.1) is 5.82 Å². The number of tetrazole rings is 1. The predicted octanol–water partition coefficient (Wildman–Crippen LogP) is 0.971. The molecule has 4 rings (SSSR count). The number of anilines is 1. The van der Waals surface area contributed by atoms with Gasteiger partial charge in [-0.1, -0.05) is 12.1 Å². The molecular formula is C14H13FN6O. The molecule has 8 heteroatoms. The summed E-state index contributed by atoms with van der Waals surface area (Å²) in [7, 11) is 0. The first-order valence-corrected chi connectivity index (χ1v) is 6.96. The third-order valence-corrected chi connectivity index (χ3v) is 3.86. The van der Waals surface area contributed by atoms with Crippen molar-refractivity contribution in [3.63, 3.8) is 0 Å². The van der Waals surface area contributed by atoms with E-state index >= 15 is 0 Å². The lowest BCUT2D eigenvalue weighted by Crippen LogP contribution is -2.26. The van der Waals surface area contributed by atoms with E-state index in [1.165, 1.54) is 16.8 Å². The molecule has 1 N–H and O–H groups in total. The van der Waals surface area contributed by atoms with Crippen molar-refractivity contribution < 1.29 is 9.50 Å². The molecule has 1 aromatic carbocycles. The Kier molecular flexibility index (Phi) is 2.97. The first kappa shape index (κ1) is 13.1. The van der Waals surface area contributed by atoms with E-state index in [0.717, 1.165) is 5.56 Å². The average molecular weight is 300 g/mol. The smallest absolute Gasteiger partial charge is 0.200 e. The summed E-state index contributed by atoms with van der Waals surface area (Å²) in [6.07, 6.45) is 0.0401. The summed E-state index contributed by atoms with van der Waals surface area (Å²) < 4.78 is 14.8. The van der Waals surface area contributed by atoms with E-state index in [-0.39, 0.29) is 11.9 Å². The third-order valence-electron chi connectivity index (χ3n) is 3.86. The van der Waals surface area contributed by atoms with Gasteiger partial charge in [0.15, 0.2) is 11.5 Å². The zero-order chi connectivity index (χ0) is 15.1. The van der Waals surface area contributed by atoms with E-state index in [1.807, 2.05) is 11.0 Å². The fraction of sp³-hybridized carbons (Fsp3) is 0.286. The molecule has 3 aromatic rings. The van der Waals surface area contributed by atoms with Crippen LogP contribution in [0.1, 0.15) is 18.0 Å². The second kappa shape index (κ2) is 4.99. The summed E-state index contributed by atoms with van der Waals surface area (Å²) in [5.74, 6) is 0.355. The van der Waals surface area contributed by atoms with E-state index in [4.69, 9.17) is 0 Å². The standard InChI is InChI=1S/C14H13FN6O/c15-10-3-1-2-9(6-10)12-7-11(22)8-20(12)14-5-4-13-16-18-19-21(13)17-14/h1-6,11-12,22H,7-8H2/t11-,12-/m0/s1. The van der Waals surface area contributed by atoms with Gasteiger partial charge in [-0.25, -0.2) is 4.39 Å². The summed E-state index contributed by atoms with van der Waals surface area (Å²) in [5.41, 5.74) is 1.36. The Morgan fingerprint density at radius 2 is 2.14 bits per heavy atom. The highest BCUT2D eigenvalue weighted by molar-refractivity contribution is 5.48. The summed E-state index contributed by atoms with van der Waals surface area (Å²) >= 11 is 0. The van der Waals surface area contributed by atoms with Crippen LogP contribution in [0.4, 0.5) is 10.2 Å². The van der Waals surface area contributed by atoms with Gasteiger partial charge in [0.2, 0.25) is 0 Å². The fourth-order valence-electron chi connectivity index (χ4n) is 2.89. The fourth-order valence-corrected chi connectivity index (χ4v) is 2.89. The Labute approximate surface area is 125 Å². The monoisotopic (exact) mass is 300 g/mol. The first-order valence-electron chi connectivity index (χ1n) is 6.96. The van der Waals surface area contributed by atoms with Crippen molar-refractivity contribution >= 4 is 11.5 Å². The Morgan fingerprint density at radius 3 is 3.00 bits per heavy atom. The van der Waals surface area contributed by atoms with Crippen LogP contribution in [0.2, 0.25) is 0 Å². The molecule has 0 saturated carbocycles. The van der Waals surface area contributed by atoms with Gasteiger partial charge in [0.1, 0.15) is 5.82 Å². The average Bonchev–Trinajstić information content (AvgIpc) is 3.12. The molecule has 1 saturated heterocycles. The van der Waals surface area contributed by atoms with Gasteiger partial charge in [-0.3, -0.25) is 0 Å². The second-order valence-electron chi connectivity index (χ2n) is 5.33. The molecule has 0 bridgehead atoms. The molecule has 1 aliphatic heterocycles. The highest BCUT2D eigenvalue weighted by Gasteiger charge is 2.33. The summed E-state index contributed by atoms with van der Waals surface area (Å²) in [4.78, 5) is 1.94. The molecule has 0 amide bonds. The van der Waals surface area contributed by atoms with Crippen molar-refractivity contribution in [3.8, 4) is 0 Å². The number of benzene rings is 1. The van der Waals surface area contributed by atoms with Gasteiger partial charge >= 0.3 is 0 Å². The number of halogens is 1. The number of nitrogens with zero attached hydrogens (tertiary/aromatic N) is 6. The van der Waals surface area contributed by atoms with Crippen LogP contribution < -0.4 is 4.90 Å². The number of fused-ring (bicyclic) bond motifs is 1. The maximum atomic E-state index is 13.5. The molecule has 3 heterocycles. The van der Waals surface area contributed by atoms with Crippen LogP contribution >= 0.6 is 0 Å². The van der Waals surface area contributed by atoms with Crippen LogP contribution in [0.15, 0.2) is 36.4 Å². The zero-order valence-electron chi connectivity index (χ0n) is 11.5. The lowest BCUT2D eigenvalue weighted by molar-refractivity contribution is 0.194. The zero-order valence-corrected chi connectivity index (χ0v) is 11.5. The SMILES string of the molecule is O[C@H]1C[C@@H](c2cccc(F)c2)N(c2ccc3nnnn3n2)C1. The van der Waals surface area contributed by atoms with E-state index in [0.29, 0.717) is 24.4 Å². The topological polar surface area (TPSA) is 79.4 Å². The van der Waals surface area contributed by atoms with Crippen LogP contribution in [0.5, 0.6) is 0 Å². The quantitative estimate of drug-likeness (QED) is 0.759. The third kappa shape index (κ3) is 2.17. The molecule has 1 aliphatic rings. The van der Waals surface area contributed by atoms with Crippen molar-refractivity contribution in [2.75, 3.05) is 11.4 Å². The molecule has 0 aliphatic carbocycles. The number of aromatic nitrogens is 5. The number of rotatable bonds is 2. The minimum Gasteiger partial charge on any atom is -0.391 e. The van der Waals surface area contributed by atoms with Gasteiger partial charge in [0, 0.05) is 6.54 Å². The Hall–Kier alpha value is -2.61. The van der Waals surface area contributed by atoms with Gasteiger partial charge < -0.3 is 10.0 Å².